The Morgan fingerprint density at radius 2 is 2.05 bits per heavy atom. The van der Waals surface area contributed by atoms with Crippen LogP contribution in [-0.2, 0) is 9.53 Å². The quantitative estimate of drug-likeness (QED) is 0.801. The molecule has 6 heteroatoms. The first-order chi connectivity index (χ1) is 9.58. The summed E-state index contributed by atoms with van der Waals surface area (Å²) in [6, 6.07) is -0.167. The molecule has 2 rings (SSSR count). The predicted octanol–water partition coefficient (Wildman–Crippen LogP) is 1.45. The fraction of sp³-hybridized carbons (Fsp3) is 0.857. The van der Waals surface area contributed by atoms with E-state index >= 15 is 0 Å². The first kappa shape index (κ1) is 15.1. The fourth-order valence-electron chi connectivity index (χ4n) is 3.07. The third kappa shape index (κ3) is 3.85. The highest BCUT2D eigenvalue weighted by atomic mass is 16.5. The molecule has 2 atom stereocenters. The smallest absolute Gasteiger partial charge is 0.323 e. The first-order valence-electron chi connectivity index (χ1n) is 7.44. The van der Waals surface area contributed by atoms with Gasteiger partial charge in [0.25, 0.3) is 0 Å². The van der Waals surface area contributed by atoms with Crippen molar-refractivity contribution < 1.29 is 19.4 Å². The van der Waals surface area contributed by atoms with Gasteiger partial charge in [0.05, 0.1) is 6.61 Å². The Morgan fingerprint density at radius 3 is 2.60 bits per heavy atom. The minimum Gasteiger partial charge on any atom is -0.480 e. The van der Waals surface area contributed by atoms with E-state index in [2.05, 4.69) is 5.32 Å². The zero-order chi connectivity index (χ0) is 14.5. The van der Waals surface area contributed by atoms with Gasteiger partial charge in [-0.15, -0.1) is 0 Å². The average molecular weight is 284 g/mol. The maximum absolute atomic E-state index is 12.3. The summed E-state index contributed by atoms with van der Waals surface area (Å²) >= 11 is 0. The number of carbonyl (C=O) groups excluding carboxylic acids is 1. The van der Waals surface area contributed by atoms with Crippen molar-refractivity contribution in [2.75, 3.05) is 19.8 Å². The Hall–Kier alpha value is -1.30. The van der Waals surface area contributed by atoms with Crippen molar-refractivity contribution in [3.05, 3.63) is 0 Å². The number of aliphatic carboxylic acids is 1. The average Bonchev–Trinajstić information content (AvgIpc) is 3.08. The lowest BCUT2D eigenvalue weighted by atomic mass is 10.0. The minimum absolute atomic E-state index is 0.0164. The highest BCUT2D eigenvalue weighted by Crippen LogP contribution is 2.24. The summed E-state index contributed by atoms with van der Waals surface area (Å²) in [4.78, 5) is 24.8. The maximum Gasteiger partial charge on any atom is 0.323 e. The van der Waals surface area contributed by atoms with Gasteiger partial charge in [0, 0.05) is 24.6 Å². The molecule has 20 heavy (non-hydrogen) atoms. The van der Waals surface area contributed by atoms with Gasteiger partial charge in [0.15, 0.2) is 0 Å². The Balaban J connectivity index is 1.92. The van der Waals surface area contributed by atoms with Crippen molar-refractivity contribution in [1.82, 2.24) is 10.2 Å². The number of carboxylic acid groups (broad SMARTS) is 1. The Labute approximate surface area is 119 Å². The van der Waals surface area contributed by atoms with Crippen LogP contribution in [-0.4, -0.2) is 53.8 Å². The fourth-order valence-corrected chi connectivity index (χ4v) is 3.07. The molecule has 6 nitrogen and oxygen atoms in total. The lowest BCUT2D eigenvalue weighted by Gasteiger charge is -2.30. The molecule has 0 bridgehead atoms. The molecule has 2 fully saturated rings. The van der Waals surface area contributed by atoms with Gasteiger partial charge in [-0.05, 0) is 26.2 Å². The van der Waals surface area contributed by atoms with Crippen molar-refractivity contribution in [1.29, 1.82) is 0 Å². The molecule has 1 aliphatic carbocycles. The van der Waals surface area contributed by atoms with Crippen molar-refractivity contribution in [2.45, 2.75) is 51.1 Å². The van der Waals surface area contributed by atoms with Gasteiger partial charge in [0.2, 0.25) is 0 Å². The van der Waals surface area contributed by atoms with Crippen molar-refractivity contribution >= 4 is 12.0 Å². The first-order valence-corrected chi connectivity index (χ1v) is 7.44. The lowest BCUT2D eigenvalue weighted by molar-refractivity contribution is -0.138. The number of nitrogens with one attached hydrogen (secondary N) is 1. The topological polar surface area (TPSA) is 78.9 Å². The maximum atomic E-state index is 12.3. The monoisotopic (exact) mass is 284 g/mol. The second-order valence-electron chi connectivity index (χ2n) is 5.82. The second-order valence-corrected chi connectivity index (χ2v) is 5.82. The van der Waals surface area contributed by atoms with Crippen molar-refractivity contribution in [3.8, 4) is 0 Å². The number of urea groups is 1. The van der Waals surface area contributed by atoms with E-state index in [1.807, 2.05) is 6.92 Å². The van der Waals surface area contributed by atoms with Gasteiger partial charge in [-0.2, -0.15) is 0 Å². The third-order valence-electron chi connectivity index (χ3n) is 4.36. The Bertz CT molecular complexity index is 349. The summed E-state index contributed by atoms with van der Waals surface area (Å²) in [5.41, 5.74) is 0. The van der Waals surface area contributed by atoms with Crippen LogP contribution in [0.2, 0.25) is 0 Å². The van der Waals surface area contributed by atoms with Crippen LogP contribution in [0.1, 0.15) is 39.0 Å². The normalized spacial score (nSPS) is 24.6. The van der Waals surface area contributed by atoms with E-state index in [4.69, 9.17) is 9.84 Å². The highest BCUT2D eigenvalue weighted by Gasteiger charge is 2.31. The summed E-state index contributed by atoms with van der Waals surface area (Å²) in [5.74, 6) is -0.627. The van der Waals surface area contributed by atoms with E-state index in [0.717, 1.165) is 38.7 Å². The molecule has 2 unspecified atom stereocenters. The van der Waals surface area contributed by atoms with Crippen LogP contribution in [0.25, 0.3) is 0 Å². The van der Waals surface area contributed by atoms with Crippen molar-refractivity contribution in [3.63, 3.8) is 0 Å². The molecule has 0 spiro atoms. The summed E-state index contributed by atoms with van der Waals surface area (Å²) < 4.78 is 5.33. The standard InChI is InChI=1S/C14H24N2O4/c1-10(11-6-7-20-9-11)15-14(19)16(8-13(17)18)12-4-2-3-5-12/h10-12H,2-9H2,1H3,(H,15,19)(H,17,18). The van der Waals surface area contributed by atoms with Crippen LogP contribution in [0.5, 0.6) is 0 Å². The number of carbonyl (C=O) groups is 2. The van der Waals surface area contributed by atoms with Crippen LogP contribution in [0.15, 0.2) is 0 Å². The number of amides is 2. The number of ether oxygens (including phenoxy) is 1. The van der Waals surface area contributed by atoms with Crippen LogP contribution >= 0.6 is 0 Å². The molecular formula is C14H24N2O4. The highest BCUT2D eigenvalue weighted by molar-refractivity contribution is 5.80. The molecule has 2 aliphatic rings. The van der Waals surface area contributed by atoms with E-state index in [1.165, 1.54) is 4.90 Å². The van der Waals surface area contributed by atoms with Crippen LogP contribution in [0, 0.1) is 5.92 Å². The van der Waals surface area contributed by atoms with E-state index in [0.29, 0.717) is 12.5 Å². The van der Waals surface area contributed by atoms with Gasteiger partial charge in [-0.25, -0.2) is 4.79 Å². The van der Waals surface area contributed by atoms with Gasteiger partial charge in [-0.1, -0.05) is 12.8 Å². The van der Waals surface area contributed by atoms with Gasteiger partial charge in [0.1, 0.15) is 6.54 Å². The van der Waals surface area contributed by atoms with Crippen LogP contribution in [0.4, 0.5) is 4.79 Å². The van der Waals surface area contributed by atoms with Crippen molar-refractivity contribution in [2.24, 2.45) is 5.92 Å². The SMILES string of the molecule is CC(NC(=O)N(CC(=O)O)C1CCCC1)C1CCOC1. The molecule has 1 saturated carbocycles. The minimum atomic E-state index is -0.955. The Kier molecular flexibility index (Phi) is 5.23. The van der Waals surface area contributed by atoms with E-state index in [9.17, 15) is 9.59 Å². The van der Waals surface area contributed by atoms with Crippen LogP contribution < -0.4 is 5.32 Å². The van der Waals surface area contributed by atoms with E-state index in [1.54, 1.807) is 0 Å². The number of hydrogen-bond acceptors (Lipinski definition) is 3. The van der Waals surface area contributed by atoms with Gasteiger partial charge >= 0.3 is 12.0 Å². The molecule has 0 radical (unpaired) electrons. The molecule has 1 aliphatic heterocycles. The summed E-state index contributed by atoms with van der Waals surface area (Å²) in [6.07, 6.45) is 4.90. The Morgan fingerprint density at radius 1 is 1.35 bits per heavy atom. The molecule has 1 heterocycles. The van der Waals surface area contributed by atoms with Crippen LogP contribution in [0.3, 0.4) is 0 Å². The largest absolute Gasteiger partial charge is 0.480 e. The zero-order valence-corrected chi connectivity index (χ0v) is 12.0. The molecule has 0 aromatic heterocycles. The molecule has 2 amide bonds. The summed E-state index contributed by atoms with van der Waals surface area (Å²) in [5, 5.41) is 11.9. The second kappa shape index (κ2) is 6.92. The molecule has 0 aromatic carbocycles. The molecule has 1 saturated heterocycles. The van der Waals surface area contributed by atoms with Gasteiger partial charge in [-0.3, -0.25) is 4.79 Å². The lowest BCUT2D eigenvalue weighted by Crippen LogP contribution is -2.51. The van der Waals surface area contributed by atoms with E-state index in [-0.39, 0.29) is 24.7 Å². The number of rotatable bonds is 5. The zero-order valence-electron chi connectivity index (χ0n) is 12.0. The number of hydrogen-bond donors (Lipinski definition) is 2. The van der Waals surface area contributed by atoms with E-state index < -0.39 is 5.97 Å². The summed E-state index contributed by atoms with van der Waals surface area (Å²) in [7, 11) is 0. The third-order valence-corrected chi connectivity index (χ3v) is 4.36. The van der Waals surface area contributed by atoms with Gasteiger partial charge < -0.3 is 20.1 Å². The predicted molar refractivity (Wildman–Crippen MR) is 73.5 cm³/mol. The molecule has 0 aromatic rings. The summed E-state index contributed by atoms with van der Waals surface area (Å²) in [6.45, 7) is 3.16. The number of carboxylic acids is 1. The molecule has 2 N–H and O–H groups in total. The molecular weight excluding hydrogens is 260 g/mol. The number of nitrogens with zero attached hydrogens (tertiary/aromatic N) is 1. The molecule has 114 valence electrons.